The van der Waals surface area contributed by atoms with Crippen LogP contribution in [0.4, 0.5) is 4.79 Å². The van der Waals surface area contributed by atoms with Crippen molar-refractivity contribution in [3.05, 3.63) is 18.0 Å². The van der Waals surface area contributed by atoms with Crippen molar-refractivity contribution in [2.75, 3.05) is 6.54 Å². The molecule has 0 spiro atoms. The summed E-state index contributed by atoms with van der Waals surface area (Å²) in [6.07, 6.45) is 2.72. The van der Waals surface area contributed by atoms with Gasteiger partial charge in [-0.2, -0.15) is 0 Å². The fourth-order valence-electron chi connectivity index (χ4n) is 1.44. The van der Waals surface area contributed by atoms with Crippen molar-refractivity contribution in [3.63, 3.8) is 0 Å². The zero-order chi connectivity index (χ0) is 13.4. The second-order valence-corrected chi connectivity index (χ2v) is 3.88. The molecule has 3 N–H and O–H groups in total. The van der Waals surface area contributed by atoms with E-state index < -0.39 is 17.9 Å². The maximum Gasteiger partial charge on any atom is 0.315 e. The molecular formula is C11H17N3O4. The topological polar surface area (TPSA) is 104 Å². The molecule has 1 aromatic heterocycles. The molecule has 1 rings (SSSR count). The highest BCUT2D eigenvalue weighted by atomic mass is 16.5. The number of hydrogen-bond donors (Lipinski definition) is 3. The molecule has 0 radical (unpaired) electrons. The molecule has 0 aromatic carbocycles. The predicted octanol–water partition coefficient (Wildman–Crippen LogP) is 0.975. The maximum atomic E-state index is 11.4. The first-order chi connectivity index (χ1) is 8.63. The monoisotopic (exact) mass is 255 g/mol. The summed E-state index contributed by atoms with van der Waals surface area (Å²) in [7, 11) is 0. The molecule has 0 saturated heterocycles. The number of amides is 2. The van der Waals surface area contributed by atoms with Gasteiger partial charge in [-0.05, 0) is 6.42 Å². The Bertz CT molecular complexity index is 378. The number of aromatic nitrogens is 1. The van der Waals surface area contributed by atoms with Crippen molar-refractivity contribution in [3.8, 4) is 0 Å². The number of carboxylic acid groups (broad SMARTS) is 1. The molecule has 1 unspecified atom stereocenters. The van der Waals surface area contributed by atoms with Crippen molar-refractivity contribution in [1.82, 2.24) is 15.8 Å². The van der Waals surface area contributed by atoms with Crippen LogP contribution < -0.4 is 10.6 Å². The van der Waals surface area contributed by atoms with Crippen molar-refractivity contribution in [1.29, 1.82) is 0 Å². The Balaban J connectivity index is 2.25. The minimum atomic E-state index is -0.895. The van der Waals surface area contributed by atoms with Gasteiger partial charge in [-0.1, -0.05) is 18.5 Å². The van der Waals surface area contributed by atoms with Gasteiger partial charge in [0.1, 0.15) is 12.0 Å². The molecule has 0 aliphatic carbocycles. The number of carbonyl (C=O) groups is 2. The Hall–Kier alpha value is -2.05. The highest BCUT2D eigenvalue weighted by molar-refractivity contribution is 5.75. The van der Waals surface area contributed by atoms with Crippen LogP contribution in [-0.2, 0) is 11.3 Å². The first-order valence-corrected chi connectivity index (χ1v) is 5.77. The Morgan fingerprint density at radius 2 is 2.28 bits per heavy atom. The molecule has 0 aliphatic heterocycles. The third-order valence-corrected chi connectivity index (χ3v) is 2.42. The van der Waals surface area contributed by atoms with Crippen molar-refractivity contribution < 1.29 is 19.2 Å². The van der Waals surface area contributed by atoms with Gasteiger partial charge >= 0.3 is 12.0 Å². The van der Waals surface area contributed by atoms with Gasteiger partial charge < -0.3 is 20.3 Å². The largest absolute Gasteiger partial charge is 0.481 e. The molecule has 100 valence electrons. The molecule has 0 bridgehead atoms. The van der Waals surface area contributed by atoms with Gasteiger partial charge in [0.2, 0.25) is 0 Å². The number of hydrogen-bond acceptors (Lipinski definition) is 4. The van der Waals surface area contributed by atoms with Gasteiger partial charge in [-0.3, -0.25) is 4.79 Å². The van der Waals surface area contributed by atoms with Crippen LogP contribution in [0.15, 0.2) is 16.9 Å². The van der Waals surface area contributed by atoms with Crippen LogP contribution in [0.1, 0.15) is 25.5 Å². The fraction of sp³-hybridized carbons (Fsp3) is 0.545. The summed E-state index contributed by atoms with van der Waals surface area (Å²) >= 11 is 0. The van der Waals surface area contributed by atoms with Crippen molar-refractivity contribution in [2.24, 2.45) is 5.92 Å². The summed E-state index contributed by atoms with van der Waals surface area (Å²) in [5.41, 5.74) is 0.605. The van der Waals surface area contributed by atoms with Gasteiger partial charge in [0, 0.05) is 12.6 Å². The van der Waals surface area contributed by atoms with Gasteiger partial charge in [0.25, 0.3) is 0 Å². The number of carbonyl (C=O) groups excluding carboxylic acids is 1. The Kier molecular flexibility index (Phi) is 5.69. The quantitative estimate of drug-likeness (QED) is 0.673. The van der Waals surface area contributed by atoms with E-state index >= 15 is 0 Å². The van der Waals surface area contributed by atoms with Gasteiger partial charge in [-0.15, -0.1) is 0 Å². The lowest BCUT2D eigenvalue weighted by atomic mass is 10.0. The van der Waals surface area contributed by atoms with E-state index in [1.165, 1.54) is 6.26 Å². The third-order valence-electron chi connectivity index (χ3n) is 2.42. The van der Waals surface area contributed by atoms with Crippen LogP contribution in [0.2, 0.25) is 0 Å². The summed E-state index contributed by atoms with van der Waals surface area (Å²) < 4.78 is 4.61. The van der Waals surface area contributed by atoms with Crippen LogP contribution in [-0.4, -0.2) is 28.8 Å². The number of carboxylic acids is 1. The normalized spacial score (nSPS) is 11.8. The van der Waals surface area contributed by atoms with Crippen LogP contribution in [0, 0.1) is 5.92 Å². The molecule has 7 heteroatoms. The van der Waals surface area contributed by atoms with Gasteiger partial charge in [-0.25, -0.2) is 4.79 Å². The van der Waals surface area contributed by atoms with Crippen LogP contribution in [0.3, 0.4) is 0 Å². The van der Waals surface area contributed by atoms with E-state index in [2.05, 4.69) is 20.3 Å². The number of urea groups is 1. The summed E-state index contributed by atoms with van der Waals surface area (Å²) in [4.78, 5) is 22.2. The first-order valence-electron chi connectivity index (χ1n) is 5.77. The van der Waals surface area contributed by atoms with E-state index in [0.717, 1.165) is 6.42 Å². The highest BCUT2D eigenvalue weighted by Gasteiger charge is 2.16. The minimum absolute atomic E-state index is 0.119. The van der Waals surface area contributed by atoms with Gasteiger partial charge in [0.15, 0.2) is 0 Å². The lowest BCUT2D eigenvalue weighted by Crippen LogP contribution is -2.39. The zero-order valence-electron chi connectivity index (χ0n) is 10.2. The van der Waals surface area contributed by atoms with Gasteiger partial charge in [0.05, 0.1) is 12.5 Å². The van der Waals surface area contributed by atoms with Crippen LogP contribution in [0.5, 0.6) is 0 Å². The lowest BCUT2D eigenvalue weighted by Gasteiger charge is -2.12. The Labute approximate surface area is 105 Å². The summed E-state index contributed by atoms with van der Waals surface area (Å²) in [6, 6.07) is 1.22. The van der Waals surface area contributed by atoms with E-state index in [9.17, 15) is 9.59 Å². The smallest absolute Gasteiger partial charge is 0.315 e. The summed E-state index contributed by atoms with van der Waals surface area (Å²) in [5, 5.41) is 17.6. The minimum Gasteiger partial charge on any atom is -0.481 e. The lowest BCUT2D eigenvalue weighted by molar-refractivity contribution is -0.141. The van der Waals surface area contributed by atoms with Crippen LogP contribution >= 0.6 is 0 Å². The molecule has 1 atom stereocenters. The summed E-state index contributed by atoms with van der Waals surface area (Å²) in [6.45, 7) is 2.27. The molecule has 0 saturated carbocycles. The van der Waals surface area contributed by atoms with Crippen LogP contribution in [0.25, 0.3) is 0 Å². The standard InChI is InChI=1S/C11H17N3O4/c1-2-3-8(10(15)16)6-12-11(17)13-7-9-4-5-18-14-9/h4-5,8H,2-3,6-7H2,1H3,(H,15,16)(H2,12,13,17). The highest BCUT2D eigenvalue weighted by Crippen LogP contribution is 2.04. The molecule has 7 nitrogen and oxygen atoms in total. The molecule has 18 heavy (non-hydrogen) atoms. The fourth-order valence-corrected chi connectivity index (χ4v) is 1.44. The molecule has 0 fully saturated rings. The predicted molar refractivity (Wildman–Crippen MR) is 62.8 cm³/mol. The van der Waals surface area contributed by atoms with E-state index in [0.29, 0.717) is 12.1 Å². The third kappa shape index (κ3) is 4.86. The average molecular weight is 255 g/mol. The number of rotatable bonds is 7. The molecule has 0 aliphatic rings. The average Bonchev–Trinajstić information content (AvgIpc) is 2.84. The zero-order valence-corrected chi connectivity index (χ0v) is 10.2. The first kappa shape index (κ1) is 14.0. The molecular weight excluding hydrogens is 238 g/mol. The van der Waals surface area contributed by atoms with Crippen molar-refractivity contribution in [2.45, 2.75) is 26.3 Å². The van der Waals surface area contributed by atoms with E-state index in [4.69, 9.17) is 5.11 Å². The molecule has 1 aromatic rings. The Morgan fingerprint density at radius 3 is 2.83 bits per heavy atom. The van der Waals surface area contributed by atoms with Crippen molar-refractivity contribution >= 4 is 12.0 Å². The van der Waals surface area contributed by atoms with E-state index in [-0.39, 0.29) is 13.1 Å². The second kappa shape index (κ2) is 7.31. The number of aliphatic carboxylic acids is 1. The second-order valence-electron chi connectivity index (χ2n) is 3.88. The SMILES string of the molecule is CCCC(CNC(=O)NCc1ccon1)C(=O)O. The summed E-state index contributed by atoms with van der Waals surface area (Å²) in [5.74, 6) is -1.44. The Morgan fingerprint density at radius 1 is 1.50 bits per heavy atom. The molecule has 2 amide bonds. The number of nitrogens with one attached hydrogen (secondary N) is 2. The maximum absolute atomic E-state index is 11.4. The van der Waals surface area contributed by atoms with E-state index in [1.807, 2.05) is 6.92 Å². The number of nitrogens with zero attached hydrogens (tertiary/aromatic N) is 1. The molecule has 1 heterocycles. The van der Waals surface area contributed by atoms with E-state index in [1.54, 1.807) is 6.07 Å².